The molecule has 3 aliphatic carbocycles. The summed E-state index contributed by atoms with van der Waals surface area (Å²) in [4.78, 5) is 15.3. The summed E-state index contributed by atoms with van der Waals surface area (Å²) in [5.74, 6) is 2.11. The van der Waals surface area contributed by atoms with Crippen LogP contribution in [0.15, 0.2) is 12.1 Å². The van der Waals surface area contributed by atoms with Crippen molar-refractivity contribution in [3.05, 3.63) is 30.4 Å². The second-order valence-electron chi connectivity index (χ2n) is 8.84. The van der Waals surface area contributed by atoms with E-state index in [2.05, 4.69) is 18.1 Å². The van der Waals surface area contributed by atoms with E-state index in [9.17, 15) is 9.90 Å². The Morgan fingerprint density at radius 1 is 1.35 bits per heavy atom. The van der Waals surface area contributed by atoms with E-state index in [0.29, 0.717) is 24.3 Å². The molecule has 2 saturated carbocycles. The van der Waals surface area contributed by atoms with E-state index >= 15 is 0 Å². The number of likely N-dealkylation sites (tertiary alicyclic amines) is 1. The van der Waals surface area contributed by atoms with Gasteiger partial charge in [0.05, 0.1) is 11.0 Å². The van der Waals surface area contributed by atoms with Crippen molar-refractivity contribution in [3.8, 4) is 11.5 Å². The van der Waals surface area contributed by atoms with Crippen LogP contribution in [0.1, 0.15) is 43.2 Å². The Balaban J connectivity index is 1.57. The number of ketones is 1. The molecule has 2 aliphatic heterocycles. The van der Waals surface area contributed by atoms with Gasteiger partial charge in [-0.05, 0) is 56.2 Å². The molecule has 2 bridgehead atoms. The number of hydrogen-bond donors (Lipinski definition) is 1. The largest absolute Gasteiger partial charge is 0.486 e. The number of rotatable bonds is 3. The van der Waals surface area contributed by atoms with E-state index in [1.807, 2.05) is 6.07 Å². The predicted molar refractivity (Wildman–Crippen MR) is 94.1 cm³/mol. The molecule has 1 saturated heterocycles. The summed E-state index contributed by atoms with van der Waals surface area (Å²) in [5, 5.41) is 12.1. The van der Waals surface area contributed by atoms with Gasteiger partial charge < -0.3 is 14.6 Å². The van der Waals surface area contributed by atoms with E-state index in [-0.39, 0.29) is 11.8 Å². The van der Waals surface area contributed by atoms with Gasteiger partial charge in [-0.2, -0.15) is 0 Å². The molecule has 1 aromatic carbocycles. The maximum Gasteiger partial charge on any atom is 0.174 e. The lowest BCUT2D eigenvalue weighted by Crippen LogP contribution is -2.76. The van der Waals surface area contributed by atoms with Gasteiger partial charge in [0.15, 0.2) is 23.4 Å². The van der Waals surface area contributed by atoms with Crippen molar-refractivity contribution < 1.29 is 19.4 Å². The fraction of sp³-hybridized carbons (Fsp3) is 0.619. The summed E-state index contributed by atoms with van der Waals surface area (Å²) in [7, 11) is 3.55. The van der Waals surface area contributed by atoms with E-state index in [1.165, 1.54) is 18.4 Å². The van der Waals surface area contributed by atoms with Crippen LogP contribution in [-0.4, -0.2) is 46.6 Å². The highest BCUT2D eigenvalue weighted by atomic mass is 16.5. The maximum absolute atomic E-state index is 12.8. The number of hydrogen-bond acceptors (Lipinski definition) is 5. The molecule has 1 spiro atoms. The summed E-state index contributed by atoms with van der Waals surface area (Å²) < 4.78 is 11.5. The quantitative estimate of drug-likeness (QED) is 0.900. The van der Waals surface area contributed by atoms with Gasteiger partial charge in [-0.25, -0.2) is 0 Å². The van der Waals surface area contributed by atoms with Crippen molar-refractivity contribution in [2.24, 2.45) is 5.92 Å². The molecule has 0 amide bonds. The average molecular weight is 354 g/mol. The first-order chi connectivity index (χ1) is 12.6. The number of ether oxygens (including phenoxy) is 2. The second-order valence-corrected chi connectivity index (χ2v) is 8.84. The molecule has 137 valence electrons. The minimum atomic E-state index is -0.906. The fourth-order valence-electron chi connectivity index (χ4n) is 6.37. The smallest absolute Gasteiger partial charge is 0.174 e. The fourth-order valence-corrected chi connectivity index (χ4v) is 6.37. The second kappa shape index (κ2) is 4.82. The van der Waals surface area contributed by atoms with Crippen LogP contribution in [0.5, 0.6) is 11.5 Å². The Bertz CT molecular complexity index is 818. The molecule has 1 radical (unpaired) electrons. The third-order valence-corrected chi connectivity index (χ3v) is 7.70. The lowest BCUT2D eigenvalue weighted by molar-refractivity contribution is -0.188. The Kier molecular flexibility index (Phi) is 2.86. The standard InChI is InChI=1S/C21H24NO4/c1-25-15-5-4-13-10-16-21(24)7-6-14(23)19-20(21,17(13)18(15)26-19)8-9-22(16)11-12-2-3-12/h4-5,12,16,19,24H,1-3,6-11H2/t16?,19-,20-,21+/m0/s1. The normalized spacial score (nSPS) is 40.2. The number of nitrogens with zero attached hydrogens (tertiary/aromatic N) is 1. The summed E-state index contributed by atoms with van der Waals surface area (Å²) >= 11 is 0. The highest BCUT2D eigenvalue weighted by molar-refractivity contribution is 5.90. The van der Waals surface area contributed by atoms with Crippen LogP contribution in [0, 0.1) is 13.0 Å². The van der Waals surface area contributed by atoms with E-state index < -0.39 is 17.1 Å². The first kappa shape index (κ1) is 15.5. The lowest BCUT2D eigenvalue weighted by atomic mass is 9.49. The van der Waals surface area contributed by atoms with Gasteiger partial charge in [-0.15, -0.1) is 0 Å². The van der Waals surface area contributed by atoms with Crippen molar-refractivity contribution in [1.29, 1.82) is 0 Å². The predicted octanol–water partition coefficient (Wildman–Crippen LogP) is 1.99. The number of Topliss-reactive ketones (excluding diaryl/α,β-unsaturated/α-hetero) is 1. The molecule has 5 heteroatoms. The van der Waals surface area contributed by atoms with Crippen molar-refractivity contribution in [3.63, 3.8) is 0 Å². The minimum Gasteiger partial charge on any atom is -0.486 e. The Hall–Kier alpha value is -1.59. The summed E-state index contributed by atoms with van der Waals surface area (Å²) in [6.45, 7) is 2.00. The summed E-state index contributed by atoms with van der Waals surface area (Å²) in [5.41, 5.74) is 0.705. The number of carbonyl (C=O) groups excluding carboxylic acids is 1. The molecule has 1 N–H and O–H groups in total. The van der Waals surface area contributed by atoms with Crippen LogP contribution in [0.4, 0.5) is 0 Å². The van der Waals surface area contributed by atoms with Gasteiger partial charge in [0.2, 0.25) is 0 Å². The molecule has 5 aliphatic rings. The van der Waals surface area contributed by atoms with Crippen molar-refractivity contribution in [1.82, 2.24) is 4.90 Å². The molecule has 26 heavy (non-hydrogen) atoms. The number of benzene rings is 1. The Morgan fingerprint density at radius 3 is 2.96 bits per heavy atom. The van der Waals surface area contributed by atoms with Crippen LogP contribution in [0.25, 0.3) is 0 Å². The van der Waals surface area contributed by atoms with Crippen molar-refractivity contribution >= 4 is 5.78 Å². The zero-order chi connectivity index (χ0) is 17.7. The number of carbonyl (C=O) groups is 1. The lowest BCUT2D eigenvalue weighted by Gasteiger charge is -2.62. The van der Waals surface area contributed by atoms with Crippen LogP contribution in [0.2, 0.25) is 0 Å². The van der Waals surface area contributed by atoms with E-state index in [1.54, 1.807) is 0 Å². The first-order valence-electron chi connectivity index (χ1n) is 9.82. The zero-order valence-corrected chi connectivity index (χ0v) is 14.9. The third kappa shape index (κ3) is 1.63. The zero-order valence-electron chi connectivity index (χ0n) is 14.9. The van der Waals surface area contributed by atoms with Gasteiger partial charge in [0, 0.05) is 24.6 Å². The summed E-state index contributed by atoms with van der Waals surface area (Å²) in [6.07, 6.45) is 4.53. The average Bonchev–Trinajstić information content (AvgIpc) is 3.37. The molecule has 1 aromatic rings. The van der Waals surface area contributed by atoms with Gasteiger partial charge in [0.1, 0.15) is 7.11 Å². The highest BCUT2D eigenvalue weighted by Crippen LogP contribution is 2.65. The maximum atomic E-state index is 12.8. The van der Waals surface area contributed by atoms with Gasteiger partial charge in [-0.3, -0.25) is 9.69 Å². The minimum absolute atomic E-state index is 0.0704. The van der Waals surface area contributed by atoms with Gasteiger partial charge >= 0.3 is 0 Å². The highest BCUT2D eigenvalue weighted by Gasteiger charge is 2.73. The Labute approximate surface area is 153 Å². The van der Waals surface area contributed by atoms with Gasteiger partial charge in [0.25, 0.3) is 0 Å². The summed E-state index contributed by atoms with van der Waals surface area (Å²) in [6, 6.07) is 4.05. The molecular formula is C21H24NO4. The molecule has 6 rings (SSSR count). The molecule has 3 fully saturated rings. The third-order valence-electron chi connectivity index (χ3n) is 7.70. The van der Waals surface area contributed by atoms with Crippen molar-refractivity contribution in [2.45, 2.75) is 61.7 Å². The van der Waals surface area contributed by atoms with Crippen LogP contribution in [-0.2, 0) is 16.6 Å². The molecule has 2 heterocycles. The molecular weight excluding hydrogens is 330 g/mol. The van der Waals surface area contributed by atoms with Crippen LogP contribution < -0.4 is 9.47 Å². The van der Waals surface area contributed by atoms with Crippen molar-refractivity contribution in [2.75, 3.05) is 13.1 Å². The van der Waals surface area contributed by atoms with E-state index in [0.717, 1.165) is 37.4 Å². The van der Waals surface area contributed by atoms with Crippen LogP contribution in [0.3, 0.4) is 0 Å². The monoisotopic (exact) mass is 354 g/mol. The SMILES string of the molecule is [CH2]Oc1ccc2c3c1O[C@H]1C(=O)CC[C@@]4(O)C(C2)N(CC2CC2)CC[C@]314. The Morgan fingerprint density at radius 2 is 2.19 bits per heavy atom. The number of aliphatic hydroxyl groups is 1. The molecule has 0 aromatic heterocycles. The van der Waals surface area contributed by atoms with E-state index in [4.69, 9.17) is 9.47 Å². The van der Waals surface area contributed by atoms with Crippen LogP contribution >= 0.6 is 0 Å². The molecule has 4 atom stereocenters. The molecule has 1 unspecified atom stereocenters. The molecule has 5 nitrogen and oxygen atoms in total. The van der Waals surface area contributed by atoms with Gasteiger partial charge in [-0.1, -0.05) is 6.07 Å². The topological polar surface area (TPSA) is 59.0 Å². The first-order valence-corrected chi connectivity index (χ1v) is 9.82. The number of piperidine rings is 1.